The molecule has 0 unspecified atom stereocenters. The Morgan fingerprint density at radius 2 is 2.00 bits per heavy atom. The molecular formula is C17H20N2OS. The molecule has 1 aromatic heterocycles. The molecule has 0 amide bonds. The summed E-state index contributed by atoms with van der Waals surface area (Å²) in [6, 6.07) is 8.26. The van der Waals surface area contributed by atoms with E-state index in [0.717, 1.165) is 30.1 Å². The van der Waals surface area contributed by atoms with Crippen molar-refractivity contribution in [2.24, 2.45) is 0 Å². The van der Waals surface area contributed by atoms with E-state index in [1.165, 1.54) is 22.7 Å². The van der Waals surface area contributed by atoms with Crippen LogP contribution in [0.3, 0.4) is 0 Å². The molecule has 0 spiro atoms. The number of hydrogen-bond acceptors (Lipinski definition) is 4. The zero-order chi connectivity index (χ0) is 14.4. The first kappa shape index (κ1) is 13.3. The number of rotatable bonds is 1. The van der Waals surface area contributed by atoms with Gasteiger partial charge in [0.05, 0.1) is 15.6 Å². The Hall–Kier alpha value is -1.39. The first-order chi connectivity index (χ1) is 10.1. The molecule has 1 aromatic carbocycles. The van der Waals surface area contributed by atoms with Crippen molar-refractivity contribution in [1.29, 1.82) is 0 Å². The lowest BCUT2D eigenvalue weighted by atomic mass is 9.96. The van der Waals surface area contributed by atoms with Crippen LogP contribution in [0.5, 0.6) is 5.75 Å². The fourth-order valence-electron chi connectivity index (χ4n) is 3.24. The minimum absolute atomic E-state index is 0.285. The summed E-state index contributed by atoms with van der Waals surface area (Å²) in [5, 5.41) is 4.72. The lowest BCUT2D eigenvalue weighted by Gasteiger charge is -2.31. The average Bonchev–Trinajstić information content (AvgIpc) is 2.94. The number of ether oxygens (including phenoxy) is 1. The van der Waals surface area contributed by atoms with Crippen molar-refractivity contribution in [2.45, 2.75) is 38.2 Å². The molecule has 1 saturated heterocycles. The fraction of sp³-hybridized carbons (Fsp3) is 0.471. The Morgan fingerprint density at radius 3 is 2.81 bits per heavy atom. The predicted molar refractivity (Wildman–Crippen MR) is 86.0 cm³/mol. The molecule has 110 valence electrons. The summed E-state index contributed by atoms with van der Waals surface area (Å²) in [4.78, 5) is 6.30. The monoisotopic (exact) mass is 300 g/mol. The summed E-state index contributed by atoms with van der Waals surface area (Å²) >= 11 is 1.85. The predicted octanol–water partition coefficient (Wildman–Crippen LogP) is 3.90. The van der Waals surface area contributed by atoms with Crippen molar-refractivity contribution in [3.63, 3.8) is 0 Å². The summed E-state index contributed by atoms with van der Waals surface area (Å²) in [5.74, 6) is 1.56. The molecule has 1 N–H and O–H groups in total. The van der Waals surface area contributed by atoms with Gasteiger partial charge < -0.3 is 10.1 Å². The summed E-state index contributed by atoms with van der Waals surface area (Å²) in [5.41, 5.74) is 2.00. The highest BCUT2D eigenvalue weighted by molar-refractivity contribution is 7.12. The van der Waals surface area contributed by atoms with Crippen LogP contribution in [0.4, 0.5) is 0 Å². The minimum atomic E-state index is -0.285. The summed E-state index contributed by atoms with van der Waals surface area (Å²) < 4.78 is 6.20. The third kappa shape index (κ3) is 2.17. The Labute approximate surface area is 129 Å². The summed E-state index contributed by atoms with van der Waals surface area (Å²) in [6.07, 6.45) is 2.38. The number of piperidine rings is 1. The fourth-order valence-corrected chi connectivity index (χ4v) is 4.53. The topological polar surface area (TPSA) is 34.1 Å². The van der Waals surface area contributed by atoms with E-state index >= 15 is 0 Å². The zero-order valence-corrected chi connectivity index (χ0v) is 13.3. The Morgan fingerprint density at radius 1 is 1.24 bits per heavy atom. The maximum Gasteiger partial charge on any atom is 0.140 e. The van der Waals surface area contributed by atoms with Gasteiger partial charge in [0.1, 0.15) is 11.4 Å². The van der Waals surface area contributed by atoms with E-state index in [1.807, 2.05) is 23.5 Å². The molecule has 21 heavy (non-hydrogen) atoms. The molecule has 2 aliphatic rings. The van der Waals surface area contributed by atoms with E-state index in [0.29, 0.717) is 5.92 Å². The van der Waals surface area contributed by atoms with Gasteiger partial charge in [-0.2, -0.15) is 0 Å². The van der Waals surface area contributed by atoms with Gasteiger partial charge in [-0.25, -0.2) is 4.98 Å². The highest BCUT2D eigenvalue weighted by atomic mass is 32.1. The van der Waals surface area contributed by atoms with Gasteiger partial charge >= 0.3 is 0 Å². The molecule has 0 radical (unpaired) electrons. The summed E-state index contributed by atoms with van der Waals surface area (Å²) in [6.45, 7) is 6.50. The van der Waals surface area contributed by atoms with Gasteiger partial charge in [0.15, 0.2) is 0 Å². The van der Waals surface area contributed by atoms with Crippen molar-refractivity contribution in [2.75, 3.05) is 13.1 Å². The Balaban J connectivity index is 1.82. The molecule has 4 heteroatoms. The van der Waals surface area contributed by atoms with Crippen LogP contribution in [-0.4, -0.2) is 18.1 Å². The van der Waals surface area contributed by atoms with E-state index in [1.54, 1.807) is 0 Å². The third-order valence-corrected chi connectivity index (χ3v) is 5.91. The molecular weight excluding hydrogens is 280 g/mol. The smallest absolute Gasteiger partial charge is 0.140 e. The van der Waals surface area contributed by atoms with E-state index in [-0.39, 0.29) is 5.60 Å². The third-order valence-electron chi connectivity index (χ3n) is 4.39. The number of benzene rings is 1. The van der Waals surface area contributed by atoms with Gasteiger partial charge in [0, 0.05) is 11.5 Å². The minimum Gasteiger partial charge on any atom is -0.482 e. The largest absolute Gasteiger partial charge is 0.482 e. The molecule has 4 rings (SSSR count). The van der Waals surface area contributed by atoms with Crippen LogP contribution in [0.1, 0.15) is 42.5 Å². The number of aromatic nitrogens is 1. The molecule has 1 fully saturated rings. The van der Waals surface area contributed by atoms with Crippen LogP contribution in [0, 0.1) is 0 Å². The van der Waals surface area contributed by atoms with Crippen LogP contribution < -0.4 is 10.1 Å². The Kier molecular flexibility index (Phi) is 3.05. The van der Waals surface area contributed by atoms with Gasteiger partial charge in [-0.15, -0.1) is 11.3 Å². The molecule has 2 aliphatic heterocycles. The van der Waals surface area contributed by atoms with Gasteiger partial charge in [-0.1, -0.05) is 12.1 Å². The summed E-state index contributed by atoms with van der Waals surface area (Å²) in [7, 11) is 0. The van der Waals surface area contributed by atoms with Crippen molar-refractivity contribution in [1.82, 2.24) is 10.3 Å². The highest BCUT2D eigenvalue weighted by Crippen LogP contribution is 2.48. The second-order valence-electron chi connectivity index (χ2n) is 6.36. The molecule has 0 atom stereocenters. The molecule has 3 nitrogen and oxygen atoms in total. The van der Waals surface area contributed by atoms with E-state index < -0.39 is 0 Å². The SMILES string of the molecule is CC1(C)Oc2ccccc2-c2nc(C3CCNCC3)sc21. The lowest BCUT2D eigenvalue weighted by molar-refractivity contribution is 0.109. The number of thiazole rings is 1. The van der Waals surface area contributed by atoms with Gasteiger partial charge in [-0.3, -0.25) is 0 Å². The van der Waals surface area contributed by atoms with Crippen LogP contribution in [-0.2, 0) is 5.60 Å². The number of nitrogens with one attached hydrogen (secondary N) is 1. The van der Waals surface area contributed by atoms with E-state index in [9.17, 15) is 0 Å². The molecule has 0 bridgehead atoms. The highest BCUT2D eigenvalue weighted by Gasteiger charge is 2.37. The Bertz CT molecular complexity index is 671. The maximum absolute atomic E-state index is 6.20. The first-order valence-corrected chi connectivity index (χ1v) is 8.47. The average molecular weight is 300 g/mol. The van der Waals surface area contributed by atoms with Crippen LogP contribution in [0.25, 0.3) is 11.3 Å². The van der Waals surface area contributed by atoms with Crippen molar-refractivity contribution in [3.05, 3.63) is 34.2 Å². The lowest BCUT2D eigenvalue weighted by Crippen LogP contribution is -2.27. The van der Waals surface area contributed by atoms with E-state index in [4.69, 9.17) is 9.72 Å². The van der Waals surface area contributed by atoms with Gasteiger partial charge in [0.25, 0.3) is 0 Å². The quantitative estimate of drug-likeness (QED) is 0.867. The standard InChI is InChI=1S/C17H20N2OS/c1-17(2)15-14(12-5-3-4-6-13(12)20-17)19-16(21-15)11-7-9-18-10-8-11/h3-6,11,18H,7-10H2,1-2H3. The van der Waals surface area contributed by atoms with Crippen molar-refractivity contribution in [3.8, 4) is 17.0 Å². The van der Waals surface area contributed by atoms with Gasteiger partial charge in [0.2, 0.25) is 0 Å². The normalized spacial score (nSPS) is 20.5. The number of hydrogen-bond donors (Lipinski definition) is 1. The van der Waals surface area contributed by atoms with Crippen LogP contribution in [0.2, 0.25) is 0 Å². The van der Waals surface area contributed by atoms with Crippen LogP contribution >= 0.6 is 11.3 Å². The number of nitrogens with zero attached hydrogens (tertiary/aromatic N) is 1. The maximum atomic E-state index is 6.20. The molecule has 2 aromatic rings. The van der Waals surface area contributed by atoms with Crippen LogP contribution in [0.15, 0.2) is 24.3 Å². The molecule has 0 saturated carbocycles. The van der Waals surface area contributed by atoms with Crippen molar-refractivity contribution < 1.29 is 4.74 Å². The number of para-hydroxylation sites is 1. The first-order valence-electron chi connectivity index (χ1n) is 7.65. The zero-order valence-electron chi connectivity index (χ0n) is 12.5. The molecule has 0 aliphatic carbocycles. The molecule has 3 heterocycles. The number of fused-ring (bicyclic) bond motifs is 3. The second-order valence-corrected chi connectivity index (χ2v) is 7.39. The van der Waals surface area contributed by atoms with Gasteiger partial charge in [-0.05, 0) is 51.9 Å². The second kappa shape index (κ2) is 4.82. The van der Waals surface area contributed by atoms with Crippen molar-refractivity contribution >= 4 is 11.3 Å². The van der Waals surface area contributed by atoms with E-state index in [2.05, 4.69) is 31.3 Å².